The average Bonchev–Trinajstić information content (AvgIpc) is 3.14. The number of anilines is 2. The van der Waals surface area contributed by atoms with Crippen molar-refractivity contribution in [2.75, 3.05) is 54.4 Å². The summed E-state index contributed by atoms with van der Waals surface area (Å²) in [6, 6.07) is 12.6. The predicted octanol–water partition coefficient (Wildman–Crippen LogP) is 3.73. The summed E-state index contributed by atoms with van der Waals surface area (Å²) in [6.07, 6.45) is 3.26. The highest BCUT2D eigenvalue weighted by Crippen LogP contribution is 2.30. The van der Waals surface area contributed by atoms with E-state index in [0.717, 1.165) is 38.9 Å². The van der Waals surface area contributed by atoms with Crippen LogP contribution in [0.5, 0.6) is 0 Å². The third-order valence-corrected chi connectivity index (χ3v) is 8.84. The monoisotopic (exact) mass is 540 g/mol. The number of sulfone groups is 1. The number of nitriles is 1. The molecule has 5 rings (SSSR count). The second kappa shape index (κ2) is 11.1. The van der Waals surface area contributed by atoms with E-state index < -0.39 is 21.5 Å². The molecule has 2 aliphatic rings. The van der Waals surface area contributed by atoms with Gasteiger partial charge in [-0.2, -0.15) is 5.26 Å². The number of hydrogen-bond acceptors (Lipinski definition) is 7. The van der Waals surface area contributed by atoms with Crippen LogP contribution in [-0.4, -0.2) is 62.4 Å². The van der Waals surface area contributed by atoms with Crippen molar-refractivity contribution in [1.29, 1.82) is 5.26 Å². The maximum absolute atomic E-state index is 15.5. The lowest BCUT2D eigenvalue weighted by atomic mass is 10.0. The first kappa shape index (κ1) is 26.1. The van der Waals surface area contributed by atoms with Gasteiger partial charge in [0.25, 0.3) is 0 Å². The SMILES string of the molecule is N#Cc1ccc(-c2cc(NCC3CCCNCC3)nn2-c2ccc(N3CCS(=O)(=O)CC3)cc2F)cc1F. The number of halogens is 2. The molecule has 1 atom stereocenters. The first-order valence-electron chi connectivity index (χ1n) is 12.8. The second-order valence-electron chi connectivity index (χ2n) is 9.84. The zero-order chi connectivity index (χ0) is 26.7. The molecule has 38 heavy (non-hydrogen) atoms. The van der Waals surface area contributed by atoms with Gasteiger partial charge in [-0.05, 0) is 68.6 Å². The predicted molar refractivity (Wildman–Crippen MR) is 143 cm³/mol. The zero-order valence-electron chi connectivity index (χ0n) is 21.0. The lowest BCUT2D eigenvalue weighted by molar-refractivity contribution is 0.495. The highest BCUT2D eigenvalue weighted by molar-refractivity contribution is 7.91. The molecule has 8 nitrogen and oxygen atoms in total. The van der Waals surface area contributed by atoms with E-state index in [2.05, 4.69) is 15.7 Å². The molecule has 2 saturated heterocycles. The van der Waals surface area contributed by atoms with Gasteiger partial charge >= 0.3 is 0 Å². The summed E-state index contributed by atoms with van der Waals surface area (Å²) in [7, 11) is -3.05. The van der Waals surface area contributed by atoms with Crippen molar-refractivity contribution in [3.63, 3.8) is 0 Å². The van der Waals surface area contributed by atoms with Crippen LogP contribution in [0.2, 0.25) is 0 Å². The van der Waals surface area contributed by atoms with E-state index in [4.69, 9.17) is 5.26 Å². The second-order valence-corrected chi connectivity index (χ2v) is 12.1. The van der Waals surface area contributed by atoms with Gasteiger partial charge in [-0.25, -0.2) is 21.9 Å². The van der Waals surface area contributed by atoms with Crippen LogP contribution in [0.25, 0.3) is 16.9 Å². The van der Waals surface area contributed by atoms with Gasteiger partial charge in [-0.15, -0.1) is 5.10 Å². The van der Waals surface area contributed by atoms with Gasteiger partial charge in [-0.1, -0.05) is 6.07 Å². The topological polar surface area (TPSA) is 103 Å². The molecule has 0 amide bonds. The van der Waals surface area contributed by atoms with Crippen molar-refractivity contribution in [1.82, 2.24) is 15.1 Å². The molecule has 0 radical (unpaired) electrons. The maximum Gasteiger partial charge on any atom is 0.153 e. The summed E-state index contributed by atoms with van der Waals surface area (Å²) < 4.78 is 55.0. The fraction of sp³-hybridized carbons (Fsp3) is 0.407. The van der Waals surface area contributed by atoms with Crippen molar-refractivity contribution in [3.05, 3.63) is 59.7 Å². The van der Waals surface area contributed by atoms with Crippen LogP contribution in [0.4, 0.5) is 20.3 Å². The van der Waals surface area contributed by atoms with Crippen LogP contribution in [0.3, 0.4) is 0 Å². The van der Waals surface area contributed by atoms with Crippen LogP contribution in [0.1, 0.15) is 24.8 Å². The molecule has 0 bridgehead atoms. The molecule has 2 aliphatic heterocycles. The minimum atomic E-state index is -3.05. The Morgan fingerprint density at radius 2 is 1.87 bits per heavy atom. The fourth-order valence-corrected chi connectivity index (χ4v) is 6.20. The van der Waals surface area contributed by atoms with Crippen LogP contribution < -0.4 is 15.5 Å². The van der Waals surface area contributed by atoms with E-state index in [0.29, 0.717) is 41.8 Å². The van der Waals surface area contributed by atoms with E-state index >= 15 is 4.39 Å². The Hall–Kier alpha value is -3.49. The van der Waals surface area contributed by atoms with Gasteiger partial charge in [0.15, 0.2) is 15.7 Å². The Morgan fingerprint density at radius 1 is 1.05 bits per heavy atom. The van der Waals surface area contributed by atoms with Crippen molar-refractivity contribution in [3.8, 4) is 23.0 Å². The Balaban J connectivity index is 1.46. The fourth-order valence-electron chi connectivity index (χ4n) is 5.00. The minimum Gasteiger partial charge on any atom is -0.369 e. The average molecular weight is 541 g/mol. The van der Waals surface area contributed by atoms with Gasteiger partial charge in [-0.3, -0.25) is 0 Å². The smallest absolute Gasteiger partial charge is 0.153 e. The van der Waals surface area contributed by atoms with Gasteiger partial charge in [0.05, 0.1) is 22.8 Å². The summed E-state index contributed by atoms with van der Waals surface area (Å²) in [5.41, 5.74) is 1.66. The molecule has 11 heteroatoms. The normalized spacial score (nSPS) is 19.5. The van der Waals surface area contributed by atoms with Crippen molar-refractivity contribution < 1.29 is 17.2 Å². The first-order chi connectivity index (χ1) is 18.3. The Morgan fingerprint density at radius 3 is 2.61 bits per heavy atom. The van der Waals surface area contributed by atoms with E-state index in [1.54, 1.807) is 24.3 Å². The molecule has 2 fully saturated rings. The third kappa shape index (κ3) is 5.81. The molecule has 2 N–H and O–H groups in total. The van der Waals surface area contributed by atoms with Crippen molar-refractivity contribution in [2.45, 2.75) is 19.3 Å². The molecular weight excluding hydrogens is 510 g/mol. The molecule has 0 saturated carbocycles. The van der Waals surface area contributed by atoms with Gasteiger partial charge in [0.1, 0.15) is 23.4 Å². The molecule has 2 aromatic carbocycles. The third-order valence-electron chi connectivity index (χ3n) is 7.23. The zero-order valence-corrected chi connectivity index (χ0v) is 21.8. The molecule has 1 unspecified atom stereocenters. The summed E-state index contributed by atoms with van der Waals surface area (Å²) >= 11 is 0. The quantitative estimate of drug-likeness (QED) is 0.491. The molecule has 0 spiro atoms. The standard InChI is InChI=1S/C27H30F2N6O2S/c28-23-14-20(3-4-21(23)17-30)26-16-27(32-18-19-2-1-8-31-9-7-19)33-35(26)25-6-5-22(15-24(25)29)34-10-12-38(36,37)13-11-34/h3-6,14-16,19,31H,1-2,7-13,18H2,(H,32,33). The Bertz CT molecular complexity index is 1440. The van der Waals surface area contributed by atoms with Gasteiger partial charge in [0.2, 0.25) is 0 Å². The van der Waals surface area contributed by atoms with E-state index in [-0.39, 0.29) is 22.8 Å². The number of hydrogen-bond donors (Lipinski definition) is 2. The molecule has 0 aliphatic carbocycles. The molecule has 3 aromatic rings. The minimum absolute atomic E-state index is 0.0377. The largest absolute Gasteiger partial charge is 0.369 e. The molecule has 1 aromatic heterocycles. The Kier molecular flexibility index (Phi) is 7.63. The molecule has 200 valence electrons. The van der Waals surface area contributed by atoms with Crippen LogP contribution in [0.15, 0.2) is 42.5 Å². The number of benzene rings is 2. The number of nitrogens with one attached hydrogen (secondary N) is 2. The van der Waals surface area contributed by atoms with Crippen LogP contribution in [0, 0.1) is 28.9 Å². The van der Waals surface area contributed by atoms with E-state index in [1.165, 1.54) is 22.9 Å². The van der Waals surface area contributed by atoms with Crippen LogP contribution >= 0.6 is 0 Å². The highest BCUT2D eigenvalue weighted by Gasteiger charge is 2.23. The molecular formula is C27H30F2N6O2S. The number of aromatic nitrogens is 2. The number of nitrogens with zero attached hydrogens (tertiary/aromatic N) is 4. The first-order valence-corrected chi connectivity index (χ1v) is 14.6. The Labute approximate surface area is 221 Å². The van der Waals surface area contributed by atoms with Crippen molar-refractivity contribution >= 4 is 21.3 Å². The number of rotatable bonds is 6. The van der Waals surface area contributed by atoms with Crippen molar-refractivity contribution in [2.24, 2.45) is 5.92 Å². The van der Waals surface area contributed by atoms with E-state index in [9.17, 15) is 12.8 Å². The van der Waals surface area contributed by atoms with Gasteiger partial charge in [0, 0.05) is 37.0 Å². The lowest BCUT2D eigenvalue weighted by Crippen LogP contribution is -2.40. The van der Waals surface area contributed by atoms with Gasteiger partial charge < -0.3 is 15.5 Å². The highest BCUT2D eigenvalue weighted by atomic mass is 32.2. The maximum atomic E-state index is 15.5. The lowest BCUT2D eigenvalue weighted by Gasteiger charge is -2.29. The van der Waals surface area contributed by atoms with E-state index in [1.807, 2.05) is 11.0 Å². The molecule has 3 heterocycles. The summed E-state index contributed by atoms with van der Waals surface area (Å²) in [6.45, 7) is 3.32. The van der Waals surface area contributed by atoms with Crippen LogP contribution in [-0.2, 0) is 9.84 Å². The summed E-state index contributed by atoms with van der Waals surface area (Å²) in [5, 5.41) is 20.5. The summed E-state index contributed by atoms with van der Waals surface area (Å²) in [4.78, 5) is 1.85. The summed E-state index contributed by atoms with van der Waals surface area (Å²) in [5.74, 6) is -0.0848.